The van der Waals surface area contributed by atoms with E-state index in [0.717, 1.165) is 25.7 Å². The van der Waals surface area contributed by atoms with Crippen molar-refractivity contribution in [1.29, 1.82) is 0 Å². The van der Waals surface area contributed by atoms with Crippen LogP contribution in [0.1, 0.15) is 53.5 Å². The van der Waals surface area contributed by atoms with Crippen molar-refractivity contribution in [2.75, 3.05) is 6.54 Å². The molecule has 1 aromatic rings. The Morgan fingerprint density at radius 3 is 2.84 bits per heavy atom. The number of nitrogens with zero attached hydrogens (tertiary/aromatic N) is 3. The van der Waals surface area contributed by atoms with Gasteiger partial charge in [0.2, 0.25) is 0 Å². The predicted octanol–water partition coefficient (Wildman–Crippen LogP) is 1.52. The number of aromatic carboxylic acids is 1. The highest BCUT2D eigenvalue weighted by Crippen LogP contribution is 2.22. The van der Waals surface area contributed by atoms with Crippen LogP contribution in [-0.4, -0.2) is 44.3 Å². The van der Waals surface area contributed by atoms with E-state index in [2.05, 4.69) is 5.10 Å². The van der Waals surface area contributed by atoms with Gasteiger partial charge in [-0.25, -0.2) is 4.79 Å². The first-order valence-corrected chi connectivity index (χ1v) is 6.62. The molecule has 0 aromatic carbocycles. The summed E-state index contributed by atoms with van der Waals surface area (Å²) in [4.78, 5) is 25.4. The average Bonchev–Trinajstić information content (AvgIpc) is 2.80. The van der Waals surface area contributed by atoms with Crippen molar-refractivity contribution in [2.24, 2.45) is 7.05 Å². The van der Waals surface area contributed by atoms with Gasteiger partial charge in [-0.1, -0.05) is 6.92 Å². The summed E-state index contributed by atoms with van der Waals surface area (Å²) in [5.74, 6) is -1.37. The highest BCUT2D eigenvalue weighted by atomic mass is 16.4. The van der Waals surface area contributed by atoms with Crippen molar-refractivity contribution >= 4 is 11.9 Å². The van der Waals surface area contributed by atoms with Gasteiger partial charge in [-0.15, -0.1) is 0 Å². The van der Waals surface area contributed by atoms with Crippen molar-refractivity contribution in [2.45, 2.75) is 38.6 Å². The fourth-order valence-corrected chi connectivity index (χ4v) is 2.63. The van der Waals surface area contributed by atoms with Crippen LogP contribution in [0.25, 0.3) is 0 Å². The topological polar surface area (TPSA) is 75.4 Å². The normalized spacial score (nSPS) is 19.5. The minimum atomic E-state index is -1.11. The zero-order valence-electron chi connectivity index (χ0n) is 11.3. The van der Waals surface area contributed by atoms with Gasteiger partial charge in [0.15, 0.2) is 5.69 Å². The Kier molecular flexibility index (Phi) is 3.87. The van der Waals surface area contributed by atoms with Gasteiger partial charge in [-0.2, -0.15) is 5.10 Å². The summed E-state index contributed by atoms with van der Waals surface area (Å²) in [7, 11) is 1.62. The number of piperidine rings is 1. The number of carboxylic acids is 1. The van der Waals surface area contributed by atoms with E-state index in [4.69, 9.17) is 5.11 Å². The molecule has 1 aliphatic rings. The largest absolute Gasteiger partial charge is 0.478 e. The molecule has 1 N–H and O–H groups in total. The summed E-state index contributed by atoms with van der Waals surface area (Å²) in [6.07, 6.45) is 5.34. The quantitative estimate of drug-likeness (QED) is 0.899. The molecule has 104 valence electrons. The molecule has 2 rings (SSSR count). The molecule has 0 saturated carbocycles. The highest BCUT2D eigenvalue weighted by Gasteiger charge is 2.30. The number of carboxylic acid groups (broad SMARTS) is 1. The number of amides is 1. The summed E-state index contributed by atoms with van der Waals surface area (Å²) in [5, 5.41) is 13.1. The van der Waals surface area contributed by atoms with Crippen molar-refractivity contribution in [1.82, 2.24) is 14.7 Å². The maximum atomic E-state index is 12.5. The van der Waals surface area contributed by atoms with Crippen LogP contribution in [-0.2, 0) is 7.05 Å². The molecule has 1 fully saturated rings. The molecular weight excluding hydrogens is 246 g/mol. The van der Waals surface area contributed by atoms with Crippen LogP contribution in [0.2, 0.25) is 0 Å². The Bertz CT molecular complexity index is 495. The molecule has 0 spiro atoms. The minimum Gasteiger partial charge on any atom is -0.478 e. The number of carbonyl (C=O) groups is 2. The number of likely N-dealkylation sites (tertiary alicyclic amines) is 1. The zero-order chi connectivity index (χ0) is 14.0. The van der Waals surface area contributed by atoms with E-state index < -0.39 is 5.97 Å². The Morgan fingerprint density at radius 2 is 2.21 bits per heavy atom. The number of aromatic nitrogens is 2. The monoisotopic (exact) mass is 265 g/mol. The van der Waals surface area contributed by atoms with Crippen molar-refractivity contribution in [3.8, 4) is 0 Å². The van der Waals surface area contributed by atoms with Crippen LogP contribution in [0.5, 0.6) is 0 Å². The maximum Gasteiger partial charge on any atom is 0.339 e. The van der Waals surface area contributed by atoms with Crippen LogP contribution >= 0.6 is 0 Å². The molecule has 6 heteroatoms. The Morgan fingerprint density at radius 1 is 1.47 bits per heavy atom. The van der Waals surface area contributed by atoms with Gasteiger partial charge in [-0.05, 0) is 25.7 Å². The van der Waals surface area contributed by atoms with Crippen LogP contribution in [0, 0.1) is 0 Å². The average molecular weight is 265 g/mol. The summed E-state index contributed by atoms with van der Waals surface area (Å²) in [5.41, 5.74) is 0.0308. The van der Waals surface area contributed by atoms with E-state index in [-0.39, 0.29) is 23.2 Å². The molecule has 0 aliphatic carbocycles. The SMILES string of the molecule is CC[C@@H]1CCCCN1C(=O)c1nn(C)cc1C(=O)O. The fraction of sp³-hybridized carbons (Fsp3) is 0.615. The Hall–Kier alpha value is -1.85. The third-order valence-electron chi connectivity index (χ3n) is 3.62. The molecule has 1 aliphatic heterocycles. The second-order valence-electron chi connectivity index (χ2n) is 4.93. The highest BCUT2D eigenvalue weighted by molar-refractivity contribution is 6.03. The van der Waals surface area contributed by atoms with Crippen molar-refractivity contribution in [3.05, 3.63) is 17.5 Å². The number of aryl methyl sites for hydroxylation is 1. The van der Waals surface area contributed by atoms with Crippen LogP contribution in [0.3, 0.4) is 0 Å². The summed E-state index contributed by atoms with van der Waals surface area (Å²) >= 11 is 0. The molecule has 0 unspecified atom stereocenters. The second kappa shape index (κ2) is 5.42. The van der Waals surface area contributed by atoms with Crippen LogP contribution in [0.15, 0.2) is 6.20 Å². The predicted molar refractivity (Wildman–Crippen MR) is 69.1 cm³/mol. The lowest BCUT2D eigenvalue weighted by Gasteiger charge is -2.34. The lowest BCUT2D eigenvalue weighted by atomic mass is 9.99. The van der Waals surface area contributed by atoms with Crippen LogP contribution < -0.4 is 0 Å². The van der Waals surface area contributed by atoms with Gasteiger partial charge < -0.3 is 10.0 Å². The standard InChI is InChI=1S/C13H19N3O3/c1-3-9-6-4-5-7-16(9)12(17)11-10(13(18)19)8-15(2)14-11/h8-9H,3-7H2,1-2H3,(H,18,19)/t9-/m1/s1. The Labute approximate surface area is 112 Å². The molecule has 19 heavy (non-hydrogen) atoms. The van der Waals surface area contributed by atoms with Crippen molar-refractivity contribution < 1.29 is 14.7 Å². The third kappa shape index (κ3) is 2.62. The third-order valence-corrected chi connectivity index (χ3v) is 3.62. The van der Waals surface area contributed by atoms with Gasteiger partial charge in [0.05, 0.1) is 0 Å². The Balaban J connectivity index is 2.30. The van der Waals surface area contributed by atoms with E-state index in [9.17, 15) is 9.59 Å². The smallest absolute Gasteiger partial charge is 0.339 e. The first-order chi connectivity index (χ1) is 9.04. The van der Waals surface area contributed by atoms with E-state index in [0.29, 0.717) is 6.54 Å². The summed E-state index contributed by atoms with van der Waals surface area (Å²) in [6, 6.07) is 0.199. The van der Waals surface area contributed by atoms with Crippen molar-refractivity contribution in [3.63, 3.8) is 0 Å². The van der Waals surface area contributed by atoms with Gasteiger partial charge in [-0.3, -0.25) is 9.48 Å². The first kappa shape index (κ1) is 13.6. The lowest BCUT2D eigenvalue weighted by molar-refractivity contribution is 0.0585. The van der Waals surface area contributed by atoms with E-state index in [1.807, 2.05) is 6.92 Å². The zero-order valence-corrected chi connectivity index (χ0v) is 11.3. The maximum absolute atomic E-state index is 12.5. The van der Waals surface area contributed by atoms with Gasteiger partial charge >= 0.3 is 5.97 Å². The first-order valence-electron chi connectivity index (χ1n) is 6.62. The lowest BCUT2D eigenvalue weighted by Crippen LogP contribution is -2.44. The number of carbonyl (C=O) groups excluding carboxylic acids is 1. The molecule has 6 nitrogen and oxygen atoms in total. The van der Waals surface area contributed by atoms with Crippen LogP contribution in [0.4, 0.5) is 0 Å². The molecule has 0 bridgehead atoms. The molecule has 1 saturated heterocycles. The molecule has 1 amide bonds. The fourth-order valence-electron chi connectivity index (χ4n) is 2.63. The van der Waals surface area contributed by atoms with E-state index in [1.165, 1.54) is 10.9 Å². The second-order valence-corrected chi connectivity index (χ2v) is 4.93. The van der Waals surface area contributed by atoms with Gasteiger partial charge in [0.25, 0.3) is 5.91 Å². The minimum absolute atomic E-state index is 0.0204. The molecule has 1 aromatic heterocycles. The van der Waals surface area contributed by atoms with E-state index >= 15 is 0 Å². The number of hydrogen-bond acceptors (Lipinski definition) is 3. The number of hydrogen-bond donors (Lipinski definition) is 1. The van der Waals surface area contributed by atoms with Gasteiger partial charge in [0, 0.05) is 25.8 Å². The van der Waals surface area contributed by atoms with E-state index in [1.54, 1.807) is 11.9 Å². The summed E-state index contributed by atoms with van der Waals surface area (Å²) < 4.78 is 1.38. The summed E-state index contributed by atoms with van der Waals surface area (Å²) in [6.45, 7) is 2.74. The number of rotatable bonds is 3. The molecule has 2 heterocycles. The van der Waals surface area contributed by atoms with Gasteiger partial charge in [0.1, 0.15) is 5.56 Å². The molecule has 1 atom stereocenters. The molecule has 0 radical (unpaired) electrons. The molecular formula is C13H19N3O3.